The maximum Gasteiger partial charge on any atom is 0.462 e. The normalized spacial score (nSPS) is 15.4. The molecule has 0 aliphatic rings. The van der Waals surface area contributed by atoms with Crippen molar-refractivity contribution in [3.05, 3.63) is 0 Å². The molecule has 128 valence electrons. The Labute approximate surface area is 107 Å². The van der Waals surface area contributed by atoms with Crippen LogP contribution in [0.2, 0.25) is 0 Å². The molecule has 0 aromatic carbocycles. The van der Waals surface area contributed by atoms with Crippen LogP contribution in [0, 0.1) is 0 Å². The van der Waals surface area contributed by atoms with Gasteiger partial charge in [-0.3, -0.25) is 0 Å². The van der Waals surface area contributed by atoms with Crippen molar-refractivity contribution in [2.75, 3.05) is 13.2 Å². The van der Waals surface area contributed by atoms with Gasteiger partial charge in [-0.25, -0.2) is 0 Å². The summed E-state index contributed by atoms with van der Waals surface area (Å²) >= 11 is 0. The summed E-state index contributed by atoms with van der Waals surface area (Å²) in [4.78, 5) is 0. The Kier molecular flexibility index (Phi) is 5.45. The number of alkyl halides is 12. The number of hydrogen-bond donors (Lipinski definition) is 0. The molecule has 0 aliphatic carbocycles. The van der Waals surface area contributed by atoms with E-state index in [-0.39, 0.29) is 0 Å². The zero-order valence-electron chi connectivity index (χ0n) is 9.27. The van der Waals surface area contributed by atoms with E-state index in [0.29, 0.717) is 0 Å². The van der Waals surface area contributed by atoms with Gasteiger partial charge in [0, 0.05) is 0 Å². The molecule has 0 bridgehead atoms. The van der Waals surface area contributed by atoms with Gasteiger partial charge in [0.25, 0.3) is 0 Å². The van der Waals surface area contributed by atoms with Gasteiger partial charge in [0.05, 0.1) is 0 Å². The zero-order valence-corrected chi connectivity index (χ0v) is 9.27. The highest BCUT2D eigenvalue weighted by Gasteiger charge is 2.74. The molecule has 0 atom stereocenters. The van der Waals surface area contributed by atoms with Crippen LogP contribution in [0.15, 0.2) is 0 Å². The third kappa shape index (κ3) is 5.76. The summed E-state index contributed by atoms with van der Waals surface area (Å²) in [6, 6.07) is 0. The zero-order chi connectivity index (χ0) is 17.3. The lowest BCUT2D eigenvalue weighted by molar-refractivity contribution is -0.438. The van der Waals surface area contributed by atoms with Gasteiger partial charge in [-0.05, 0) is 0 Å². The summed E-state index contributed by atoms with van der Waals surface area (Å²) in [6.07, 6.45) is -23.8. The first-order chi connectivity index (χ1) is 8.91. The summed E-state index contributed by atoms with van der Waals surface area (Å²) in [5, 5.41) is 0. The van der Waals surface area contributed by atoms with Gasteiger partial charge in [0.15, 0.2) is 0 Å². The molecule has 0 saturated heterocycles. The van der Waals surface area contributed by atoms with Gasteiger partial charge in [0.1, 0.15) is 13.2 Å². The lowest BCUT2D eigenvalue weighted by atomic mass is 10.3. The molecule has 0 saturated carbocycles. The summed E-state index contributed by atoms with van der Waals surface area (Å²) in [5.74, 6) is -6.83. The average molecular weight is 348 g/mol. The number of hydrogen-bond acceptors (Lipinski definition) is 2. The van der Waals surface area contributed by atoms with E-state index in [9.17, 15) is 52.7 Å². The molecule has 0 amide bonds. The Balaban J connectivity index is 4.76. The third-order valence-electron chi connectivity index (χ3n) is 1.59. The minimum Gasteiger partial charge on any atom is -0.309 e. The molecule has 21 heavy (non-hydrogen) atoms. The fraction of sp³-hybridized carbons (Fsp3) is 1.00. The Bertz CT molecular complexity index is 342. The van der Waals surface area contributed by atoms with Crippen LogP contribution >= 0.6 is 0 Å². The van der Waals surface area contributed by atoms with Crippen LogP contribution in [0.25, 0.3) is 0 Å². The van der Waals surface area contributed by atoms with E-state index in [1.807, 2.05) is 0 Å². The molecule has 2 nitrogen and oxygen atoms in total. The molecule has 0 rings (SSSR count). The monoisotopic (exact) mass is 348 g/mol. The minimum atomic E-state index is -6.83. The Hall–Kier alpha value is -0.920. The topological polar surface area (TPSA) is 18.5 Å². The predicted octanol–water partition coefficient (Wildman–Crippen LogP) is 3.97. The van der Waals surface area contributed by atoms with E-state index >= 15 is 0 Å². The quantitative estimate of drug-likeness (QED) is 0.677. The molecular weight excluding hydrogens is 344 g/mol. The van der Waals surface area contributed by atoms with Gasteiger partial charge < -0.3 is 9.47 Å². The summed E-state index contributed by atoms with van der Waals surface area (Å²) in [5.41, 5.74) is 0. The highest BCUT2D eigenvalue weighted by atomic mass is 19.4. The first kappa shape index (κ1) is 20.1. The second-order valence-electron chi connectivity index (χ2n) is 3.42. The first-order valence-electron chi connectivity index (χ1n) is 4.46. The Morgan fingerprint density at radius 3 is 1.33 bits per heavy atom. The molecule has 0 aliphatic heterocycles. The van der Waals surface area contributed by atoms with Crippen molar-refractivity contribution in [1.29, 1.82) is 0 Å². The SMILES string of the molecule is FC(F)(F)COC(F)(F)COC(F)(F)C(F)(F)C(F)(F)F. The summed E-state index contributed by atoms with van der Waals surface area (Å²) in [6.45, 7) is -5.62. The molecule has 0 fully saturated rings. The maximum atomic E-state index is 12.5. The van der Waals surface area contributed by atoms with Crippen LogP contribution in [0.4, 0.5) is 52.7 Å². The largest absolute Gasteiger partial charge is 0.462 e. The van der Waals surface area contributed by atoms with E-state index in [1.54, 1.807) is 0 Å². The van der Waals surface area contributed by atoms with E-state index < -0.39 is 43.7 Å². The second kappa shape index (κ2) is 5.70. The second-order valence-corrected chi connectivity index (χ2v) is 3.42. The molecule has 0 spiro atoms. The third-order valence-corrected chi connectivity index (χ3v) is 1.59. The van der Waals surface area contributed by atoms with Crippen LogP contribution in [0.5, 0.6) is 0 Å². The van der Waals surface area contributed by atoms with Crippen molar-refractivity contribution in [2.45, 2.75) is 30.5 Å². The molecule has 14 heteroatoms. The van der Waals surface area contributed by atoms with Crippen molar-refractivity contribution in [1.82, 2.24) is 0 Å². The maximum absolute atomic E-state index is 12.5. The lowest BCUT2D eigenvalue weighted by Crippen LogP contribution is -2.54. The summed E-state index contributed by atoms with van der Waals surface area (Å²) in [7, 11) is 0. The number of ether oxygens (including phenoxy) is 2. The Morgan fingerprint density at radius 2 is 1.00 bits per heavy atom. The van der Waals surface area contributed by atoms with Gasteiger partial charge in [-0.2, -0.15) is 52.7 Å². The van der Waals surface area contributed by atoms with Gasteiger partial charge in [-0.1, -0.05) is 0 Å². The smallest absolute Gasteiger partial charge is 0.309 e. The van der Waals surface area contributed by atoms with Crippen LogP contribution in [-0.4, -0.2) is 43.7 Å². The van der Waals surface area contributed by atoms with Crippen molar-refractivity contribution >= 4 is 0 Å². The highest BCUT2D eigenvalue weighted by Crippen LogP contribution is 2.47. The molecule has 0 unspecified atom stereocenters. The minimum absolute atomic E-state index is 2.41. The van der Waals surface area contributed by atoms with E-state index in [4.69, 9.17) is 0 Å². The van der Waals surface area contributed by atoms with Crippen LogP contribution in [-0.2, 0) is 9.47 Å². The van der Waals surface area contributed by atoms with Gasteiger partial charge in [-0.15, -0.1) is 0 Å². The number of halogens is 12. The van der Waals surface area contributed by atoms with E-state index in [0.717, 1.165) is 0 Å². The fourth-order valence-corrected chi connectivity index (χ4v) is 0.659. The molecule has 0 radical (unpaired) electrons. The van der Waals surface area contributed by atoms with Crippen molar-refractivity contribution < 1.29 is 62.2 Å². The highest BCUT2D eigenvalue weighted by molar-refractivity contribution is 4.85. The average Bonchev–Trinajstić information content (AvgIpc) is 2.22. The van der Waals surface area contributed by atoms with Gasteiger partial charge >= 0.3 is 30.5 Å². The molecular formula is C7H4F12O2. The van der Waals surface area contributed by atoms with Crippen LogP contribution < -0.4 is 0 Å². The fourth-order valence-electron chi connectivity index (χ4n) is 0.659. The van der Waals surface area contributed by atoms with Crippen LogP contribution in [0.3, 0.4) is 0 Å². The first-order valence-corrected chi connectivity index (χ1v) is 4.46. The standard InChI is InChI=1S/C7H4F12O2/c8-3(9,10)1-20-4(11,12)2-21-7(18,19)5(13,14)6(15,16)17/h1-2H2. The van der Waals surface area contributed by atoms with Crippen molar-refractivity contribution in [3.8, 4) is 0 Å². The van der Waals surface area contributed by atoms with Crippen molar-refractivity contribution in [3.63, 3.8) is 0 Å². The molecule has 0 aromatic heterocycles. The molecule has 0 aromatic rings. The number of rotatable bonds is 6. The van der Waals surface area contributed by atoms with Crippen molar-refractivity contribution in [2.24, 2.45) is 0 Å². The van der Waals surface area contributed by atoms with E-state index in [2.05, 4.69) is 9.47 Å². The lowest BCUT2D eigenvalue weighted by Gasteiger charge is -2.28. The molecule has 0 N–H and O–H groups in total. The van der Waals surface area contributed by atoms with Crippen LogP contribution in [0.1, 0.15) is 0 Å². The van der Waals surface area contributed by atoms with E-state index in [1.165, 1.54) is 0 Å². The predicted molar refractivity (Wildman–Crippen MR) is 38.9 cm³/mol. The Morgan fingerprint density at radius 1 is 0.571 bits per heavy atom. The molecule has 0 heterocycles. The summed E-state index contributed by atoms with van der Waals surface area (Å²) < 4.78 is 148. The van der Waals surface area contributed by atoms with Gasteiger partial charge in [0.2, 0.25) is 0 Å².